The summed E-state index contributed by atoms with van der Waals surface area (Å²) in [5.41, 5.74) is 3.02. The first-order valence-electron chi connectivity index (χ1n) is 5.48. The Morgan fingerprint density at radius 1 is 0.889 bits per heavy atom. The highest BCUT2D eigenvalue weighted by molar-refractivity contribution is 7.13. The number of aromatic hydroxyl groups is 1. The van der Waals surface area contributed by atoms with Crippen LogP contribution in [0.1, 0.15) is 0 Å². The summed E-state index contributed by atoms with van der Waals surface area (Å²) < 4.78 is 0. The number of thiazole rings is 1. The molecule has 0 aliphatic carbocycles. The number of pyridine rings is 1. The van der Waals surface area contributed by atoms with Crippen molar-refractivity contribution in [3.8, 4) is 27.6 Å². The molecule has 0 spiro atoms. The van der Waals surface area contributed by atoms with E-state index in [1.807, 2.05) is 29.6 Å². The van der Waals surface area contributed by atoms with Crippen LogP contribution in [0, 0.1) is 0 Å². The number of phenolic OH excluding ortho intramolecular Hbond substituents is 1. The number of benzene rings is 1. The topological polar surface area (TPSA) is 46.0 Å². The van der Waals surface area contributed by atoms with Gasteiger partial charge in [-0.25, -0.2) is 4.98 Å². The van der Waals surface area contributed by atoms with E-state index < -0.39 is 0 Å². The molecule has 3 nitrogen and oxygen atoms in total. The molecule has 0 fully saturated rings. The lowest BCUT2D eigenvalue weighted by atomic mass is 10.2. The first-order valence-corrected chi connectivity index (χ1v) is 6.36. The van der Waals surface area contributed by atoms with Crippen molar-refractivity contribution in [1.82, 2.24) is 9.97 Å². The average Bonchev–Trinajstić information content (AvgIpc) is 2.90. The van der Waals surface area contributed by atoms with Gasteiger partial charge in [0.25, 0.3) is 0 Å². The molecule has 3 rings (SSSR count). The van der Waals surface area contributed by atoms with Crippen LogP contribution in [-0.4, -0.2) is 15.1 Å². The van der Waals surface area contributed by atoms with Crippen molar-refractivity contribution in [2.75, 3.05) is 0 Å². The Bertz CT molecular complexity index is 647. The summed E-state index contributed by atoms with van der Waals surface area (Å²) in [7, 11) is 0. The van der Waals surface area contributed by atoms with Gasteiger partial charge in [-0.3, -0.25) is 4.98 Å². The van der Waals surface area contributed by atoms with E-state index in [0.717, 1.165) is 21.8 Å². The van der Waals surface area contributed by atoms with Gasteiger partial charge in [-0.2, -0.15) is 0 Å². The van der Waals surface area contributed by atoms with Gasteiger partial charge in [-0.15, -0.1) is 11.3 Å². The Morgan fingerprint density at radius 3 is 2.33 bits per heavy atom. The van der Waals surface area contributed by atoms with E-state index in [1.165, 1.54) is 0 Å². The highest BCUT2D eigenvalue weighted by atomic mass is 32.1. The highest BCUT2D eigenvalue weighted by Crippen LogP contribution is 2.29. The summed E-state index contributed by atoms with van der Waals surface area (Å²) in [5.74, 6) is 0.268. The van der Waals surface area contributed by atoms with Gasteiger partial charge in [0, 0.05) is 28.9 Å². The second kappa shape index (κ2) is 4.58. The number of rotatable bonds is 2. The molecule has 3 aromatic rings. The maximum Gasteiger partial charge on any atom is 0.124 e. The van der Waals surface area contributed by atoms with E-state index in [0.29, 0.717) is 0 Å². The van der Waals surface area contributed by atoms with Gasteiger partial charge in [-0.1, -0.05) is 0 Å². The van der Waals surface area contributed by atoms with E-state index in [4.69, 9.17) is 0 Å². The monoisotopic (exact) mass is 254 g/mol. The second-order valence-electron chi connectivity index (χ2n) is 3.82. The fraction of sp³-hybridized carbons (Fsp3) is 0. The molecule has 0 aliphatic rings. The van der Waals surface area contributed by atoms with Crippen LogP contribution in [0.3, 0.4) is 0 Å². The Hall–Kier alpha value is -2.20. The van der Waals surface area contributed by atoms with Crippen molar-refractivity contribution in [2.24, 2.45) is 0 Å². The maximum atomic E-state index is 9.26. The standard InChI is InChI=1S/C14H10N2OS/c17-12-3-1-11(2-4-12)14-16-13(9-18-14)10-5-7-15-8-6-10/h1-9,17H. The van der Waals surface area contributed by atoms with Gasteiger partial charge in [0.05, 0.1) is 5.69 Å². The van der Waals surface area contributed by atoms with Gasteiger partial charge >= 0.3 is 0 Å². The fourth-order valence-electron chi connectivity index (χ4n) is 1.67. The molecular formula is C14H10N2OS. The largest absolute Gasteiger partial charge is 0.508 e. The third-order valence-corrected chi connectivity index (χ3v) is 3.49. The SMILES string of the molecule is Oc1ccc(-c2nc(-c3ccncc3)cs2)cc1. The highest BCUT2D eigenvalue weighted by Gasteiger charge is 2.06. The average molecular weight is 254 g/mol. The van der Waals surface area contributed by atoms with Gasteiger partial charge in [0.2, 0.25) is 0 Å². The molecule has 0 bridgehead atoms. The van der Waals surface area contributed by atoms with Gasteiger partial charge in [0.1, 0.15) is 10.8 Å². The van der Waals surface area contributed by atoms with E-state index in [2.05, 4.69) is 9.97 Å². The minimum Gasteiger partial charge on any atom is -0.508 e. The van der Waals surface area contributed by atoms with Gasteiger partial charge in [0.15, 0.2) is 0 Å². The summed E-state index contributed by atoms with van der Waals surface area (Å²) in [5, 5.41) is 12.2. The third-order valence-electron chi connectivity index (χ3n) is 2.59. The predicted molar refractivity (Wildman–Crippen MR) is 72.4 cm³/mol. The minimum atomic E-state index is 0.268. The zero-order valence-corrected chi connectivity index (χ0v) is 10.3. The lowest BCUT2D eigenvalue weighted by Crippen LogP contribution is -1.79. The summed E-state index contributed by atoms with van der Waals surface area (Å²) in [6, 6.07) is 11.0. The Kier molecular flexibility index (Phi) is 2.78. The van der Waals surface area contributed by atoms with Crippen LogP contribution in [0.15, 0.2) is 54.2 Å². The molecule has 0 unspecified atom stereocenters. The van der Waals surface area contributed by atoms with Gasteiger partial charge in [-0.05, 0) is 36.4 Å². The Labute approximate surface area is 108 Å². The van der Waals surface area contributed by atoms with E-state index >= 15 is 0 Å². The molecule has 4 heteroatoms. The van der Waals surface area contributed by atoms with Crippen LogP contribution < -0.4 is 0 Å². The minimum absolute atomic E-state index is 0.268. The van der Waals surface area contributed by atoms with Crippen molar-refractivity contribution in [3.63, 3.8) is 0 Å². The van der Waals surface area contributed by atoms with Crippen LogP contribution in [0.5, 0.6) is 5.75 Å². The predicted octanol–water partition coefficient (Wildman–Crippen LogP) is 3.58. The first kappa shape index (κ1) is 10.9. The zero-order valence-electron chi connectivity index (χ0n) is 9.45. The molecule has 88 valence electrons. The maximum absolute atomic E-state index is 9.26. The third kappa shape index (κ3) is 2.10. The van der Waals surface area contributed by atoms with Crippen LogP contribution in [0.25, 0.3) is 21.8 Å². The number of phenols is 1. The molecule has 18 heavy (non-hydrogen) atoms. The van der Waals surface area contributed by atoms with Crippen LogP contribution in [-0.2, 0) is 0 Å². The zero-order chi connectivity index (χ0) is 12.4. The summed E-state index contributed by atoms with van der Waals surface area (Å²) in [4.78, 5) is 8.58. The molecule has 0 atom stereocenters. The van der Waals surface area contributed by atoms with Crippen LogP contribution in [0.4, 0.5) is 0 Å². The molecule has 1 N–H and O–H groups in total. The molecule has 1 aromatic carbocycles. The Morgan fingerprint density at radius 2 is 1.61 bits per heavy atom. The van der Waals surface area contributed by atoms with Crippen molar-refractivity contribution in [3.05, 3.63) is 54.2 Å². The van der Waals surface area contributed by atoms with E-state index in [9.17, 15) is 5.11 Å². The van der Waals surface area contributed by atoms with Crippen molar-refractivity contribution >= 4 is 11.3 Å². The number of aromatic nitrogens is 2. The summed E-state index contributed by atoms with van der Waals surface area (Å²) in [6.45, 7) is 0. The normalized spacial score (nSPS) is 10.4. The van der Waals surface area contributed by atoms with Crippen molar-refractivity contribution in [1.29, 1.82) is 0 Å². The molecule has 0 radical (unpaired) electrons. The number of hydrogen-bond acceptors (Lipinski definition) is 4. The van der Waals surface area contributed by atoms with Crippen LogP contribution in [0.2, 0.25) is 0 Å². The van der Waals surface area contributed by atoms with Crippen molar-refractivity contribution in [2.45, 2.75) is 0 Å². The Balaban J connectivity index is 1.97. The first-order chi connectivity index (χ1) is 8.83. The lowest BCUT2D eigenvalue weighted by Gasteiger charge is -1.97. The fourth-order valence-corrected chi connectivity index (χ4v) is 2.50. The molecule has 2 heterocycles. The second-order valence-corrected chi connectivity index (χ2v) is 4.68. The number of nitrogens with zero attached hydrogens (tertiary/aromatic N) is 2. The van der Waals surface area contributed by atoms with E-state index in [-0.39, 0.29) is 5.75 Å². The molecule has 0 amide bonds. The quantitative estimate of drug-likeness (QED) is 0.760. The molecule has 2 aromatic heterocycles. The van der Waals surface area contributed by atoms with Gasteiger partial charge < -0.3 is 5.11 Å². The summed E-state index contributed by atoms with van der Waals surface area (Å²) in [6.07, 6.45) is 3.52. The smallest absolute Gasteiger partial charge is 0.124 e. The van der Waals surface area contributed by atoms with Crippen molar-refractivity contribution < 1.29 is 5.11 Å². The number of hydrogen-bond donors (Lipinski definition) is 1. The lowest BCUT2D eigenvalue weighted by molar-refractivity contribution is 0.475. The molecule has 0 aliphatic heterocycles. The van der Waals surface area contributed by atoms with Crippen LogP contribution >= 0.6 is 11.3 Å². The molecular weight excluding hydrogens is 244 g/mol. The molecule has 0 saturated heterocycles. The molecule has 0 saturated carbocycles. The summed E-state index contributed by atoms with van der Waals surface area (Å²) >= 11 is 1.59. The van der Waals surface area contributed by atoms with E-state index in [1.54, 1.807) is 35.9 Å².